The van der Waals surface area contributed by atoms with Crippen LogP contribution in [0.5, 0.6) is 0 Å². The molecule has 0 saturated heterocycles. The van der Waals surface area contributed by atoms with Crippen LogP contribution >= 0.6 is 11.8 Å². The standard InChI is InChI=1S/C19H24N6OS/c1-12(2)10-25-18(9-8-17(20)26)23-24-19(25)27-11-16-13(3)21-14-6-4-5-7-15(14)22-16/h4-7,12H,8-11H2,1-3H3,(H2,20,26). The molecule has 27 heavy (non-hydrogen) atoms. The number of thioether (sulfide) groups is 1. The number of nitrogens with two attached hydrogens (primary N) is 1. The molecule has 0 unspecified atom stereocenters. The van der Waals surface area contributed by atoms with Gasteiger partial charge in [-0.15, -0.1) is 10.2 Å². The first-order chi connectivity index (χ1) is 12.9. The normalized spacial score (nSPS) is 11.4. The van der Waals surface area contributed by atoms with E-state index in [1.807, 2.05) is 31.2 Å². The Bertz CT molecular complexity index is 953. The van der Waals surface area contributed by atoms with Crippen molar-refractivity contribution in [2.45, 2.75) is 51.1 Å². The number of nitrogens with zero attached hydrogens (tertiary/aromatic N) is 5. The van der Waals surface area contributed by atoms with Crippen molar-refractivity contribution in [3.8, 4) is 0 Å². The molecule has 0 radical (unpaired) electrons. The first-order valence-electron chi connectivity index (χ1n) is 8.99. The topological polar surface area (TPSA) is 99.6 Å². The minimum Gasteiger partial charge on any atom is -0.370 e. The molecule has 0 fully saturated rings. The fraction of sp³-hybridized carbons (Fsp3) is 0.421. The highest BCUT2D eigenvalue weighted by molar-refractivity contribution is 7.98. The first-order valence-corrected chi connectivity index (χ1v) is 9.98. The van der Waals surface area contributed by atoms with E-state index in [2.05, 4.69) is 33.6 Å². The van der Waals surface area contributed by atoms with E-state index >= 15 is 0 Å². The summed E-state index contributed by atoms with van der Waals surface area (Å²) in [7, 11) is 0. The molecule has 0 aliphatic rings. The van der Waals surface area contributed by atoms with Crippen LogP contribution in [0.15, 0.2) is 29.4 Å². The quantitative estimate of drug-likeness (QED) is 0.600. The molecule has 3 rings (SSSR count). The minimum absolute atomic E-state index is 0.274. The number of aryl methyl sites for hydroxylation is 2. The lowest BCUT2D eigenvalue weighted by atomic mass is 10.2. The van der Waals surface area contributed by atoms with E-state index in [1.54, 1.807) is 11.8 Å². The lowest BCUT2D eigenvalue weighted by molar-refractivity contribution is -0.118. The van der Waals surface area contributed by atoms with Crippen LogP contribution in [-0.2, 0) is 23.5 Å². The van der Waals surface area contributed by atoms with Crippen LogP contribution in [0, 0.1) is 12.8 Å². The van der Waals surface area contributed by atoms with E-state index in [-0.39, 0.29) is 12.3 Å². The van der Waals surface area contributed by atoms with Crippen LogP contribution in [0.3, 0.4) is 0 Å². The summed E-state index contributed by atoms with van der Waals surface area (Å²) in [6.07, 6.45) is 0.778. The van der Waals surface area contributed by atoms with Gasteiger partial charge in [-0.3, -0.25) is 4.79 Å². The van der Waals surface area contributed by atoms with Gasteiger partial charge in [0.25, 0.3) is 0 Å². The number of aromatic nitrogens is 5. The summed E-state index contributed by atoms with van der Waals surface area (Å²) in [6.45, 7) is 7.06. The number of primary amides is 1. The summed E-state index contributed by atoms with van der Waals surface area (Å²) in [4.78, 5) is 20.5. The third-order valence-corrected chi connectivity index (χ3v) is 5.10. The van der Waals surface area contributed by atoms with Gasteiger partial charge in [0, 0.05) is 25.1 Å². The summed E-state index contributed by atoms with van der Waals surface area (Å²) in [5.74, 6) is 1.57. The molecule has 2 heterocycles. The van der Waals surface area contributed by atoms with Crippen molar-refractivity contribution >= 4 is 28.7 Å². The Balaban J connectivity index is 1.80. The summed E-state index contributed by atoms with van der Waals surface area (Å²) in [6, 6.07) is 7.87. The second kappa shape index (κ2) is 8.47. The smallest absolute Gasteiger partial charge is 0.217 e. The zero-order valence-corrected chi connectivity index (χ0v) is 16.7. The Morgan fingerprint density at radius 1 is 1.19 bits per heavy atom. The van der Waals surface area contributed by atoms with Crippen LogP contribution in [-0.4, -0.2) is 30.6 Å². The van der Waals surface area contributed by atoms with Gasteiger partial charge in [-0.2, -0.15) is 0 Å². The molecule has 0 bridgehead atoms. The molecule has 0 spiro atoms. The second-order valence-electron chi connectivity index (χ2n) is 6.90. The van der Waals surface area contributed by atoms with Crippen LogP contribution in [0.1, 0.15) is 37.5 Å². The van der Waals surface area contributed by atoms with Crippen molar-refractivity contribution in [1.82, 2.24) is 24.7 Å². The Labute approximate surface area is 162 Å². The van der Waals surface area contributed by atoms with Gasteiger partial charge in [0.15, 0.2) is 5.16 Å². The monoisotopic (exact) mass is 384 g/mol. The summed E-state index contributed by atoms with van der Waals surface area (Å²) in [5, 5.41) is 9.43. The maximum Gasteiger partial charge on any atom is 0.217 e. The average Bonchev–Trinajstić information content (AvgIpc) is 2.99. The number of hydrogen-bond acceptors (Lipinski definition) is 6. The molecule has 1 amide bonds. The number of amides is 1. The minimum atomic E-state index is -0.328. The molecule has 8 heteroatoms. The van der Waals surface area contributed by atoms with Crippen molar-refractivity contribution in [2.75, 3.05) is 0 Å². The highest BCUT2D eigenvalue weighted by Crippen LogP contribution is 2.24. The van der Waals surface area contributed by atoms with Crippen LogP contribution in [0.25, 0.3) is 11.0 Å². The molecule has 7 nitrogen and oxygen atoms in total. The Morgan fingerprint density at radius 3 is 2.56 bits per heavy atom. The van der Waals surface area contributed by atoms with E-state index in [4.69, 9.17) is 10.7 Å². The van der Waals surface area contributed by atoms with E-state index < -0.39 is 0 Å². The van der Waals surface area contributed by atoms with Gasteiger partial charge >= 0.3 is 0 Å². The van der Waals surface area contributed by atoms with E-state index in [0.29, 0.717) is 18.1 Å². The molecular formula is C19H24N6OS. The van der Waals surface area contributed by atoms with Crippen molar-refractivity contribution in [3.63, 3.8) is 0 Å². The predicted molar refractivity (Wildman–Crippen MR) is 106 cm³/mol. The number of carbonyl (C=O) groups is 1. The summed E-state index contributed by atoms with van der Waals surface area (Å²) in [5.41, 5.74) is 8.94. The maximum atomic E-state index is 11.1. The van der Waals surface area contributed by atoms with Gasteiger partial charge in [-0.05, 0) is 25.0 Å². The highest BCUT2D eigenvalue weighted by atomic mass is 32.2. The van der Waals surface area contributed by atoms with Crippen LogP contribution < -0.4 is 5.73 Å². The third-order valence-electron chi connectivity index (χ3n) is 4.12. The molecular weight excluding hydrogens is 360 g/mol. The van der Waals surface area contributed by atoms with Gasteiger partial charge in [0.05, 0.1) is 22.4 Å². The predicted octanol–water partition coefficient (Wildman–Crippen LogP) is 2.90. The molecule has 1 aromatic carbocycles. The molecule has 0 atom stereocenters. The highest BCUT2D eigenvalue weighted by Gasteiger charge is 2.16. The number of rotatable bonds is 8. The Hall–Kier alpha value is -2.48. The van der Waals surface area contributed by atoms with E-state index in [0.717, 1.165) is 39.9 Å². The first kappa shape index (κ1) is 19.3. The molecule has 2 aromatic heterocycles. The number of carbonyl (C=O) groups excluding carboxylic acids is 1. The van der Waals surface area contributed by atoms with Crippen molar-refractivity contribution < 1.29 is 4.79 Å². The third kappa shape index (κ3) is 4.82. The lowest BCUT2D eigenvalue weighted by Crippen LogP contribution is -2.15. The number of para-hydroxylation sites is 2. The van der Waals surface area contributed by atoms with Gasteiger partial charge in [0.1, 0.15) is 5.82 Å². The fourth-order valence-electron chi connectivity index (χ4n) is 2.79. The van der Waals surface area contributed by atoms with Gasteiger partial charge < -0.3 is 10.3 Å². The van der Waals surface area contributed by atoms with Gasteiger partial charge in [0.2, 0.25) is 5.91 Å². The molecule has 0 saturated carbocycles. The Kier molecular flexibility index (Phi) is 6.05. The largest absolute Gasteiger partial charge is 0.370 e. The van der Waals surface area contributed by atoms with Crippen LogP contribution in [0.2, 0.25) is 0 Å². The van der Waals surface area contributed by atoms with Gasteiger partial charge in [-0.25, -0.2) is 9.97 Å². The average molecular weight is 385 g/mol. The number of hydrogen-bond donors (Lipinski definition) is 1. The molecule has 3 aromatic rings. The maximum absolute atomic E-state index is 11.1. The van der Waals surface area contributed by atoms with E-state index in [9.17, 15) is 4.79 Å². The van der Waals surface area contributed by atoms with Crippen molar-refractivity contribution in [1.29, 1.82) is 0 Å². The molecule has 0 aliphatic carbocycles. The van der Waals surface area contributed by atoms with Crippen LogP contribution in [0.4, 0.5) is 0 Å². The van der Waals surface area contributed by atoms with Crippen molar-refractivity contribution in [2.24, 2.45) is 11.7 Å². The zero-order chi connectivity index (χ0) is 19.4. The molecule has 142 valence electrons. The zero-order valence-electron chi connectivity index (χ0n) is 15.8. The lowest BCUT2D eigenvalue weighted by Gasteiger charge is -2.12. The summed E-state index contributed by atoms with van der Waals surface area (Å²) < 4.78 is 2.09. The Morgan fingerprint density at radius 2 is 1.89 bits per heavy atom. The van der Waals surface area contributed by atoms with E-state index in [1.165, 1.54) is 0 Å². The van der Waals surface area contributed by atoms with Crippen molar-refractivity contribution in [3.05, 3.63) is 41.5 Å². The summed E-state index contributed by atoms with van der Waals surface area (Å²) >= 11 is 1.59. The molecule has 2 N–H and O–H groups in total. The van der Waals surface area contributed by atoms with Gasteiger partial charge in [-0.1, -0.05) is 37.7 Å². The second-order valence-corrected chi connectivity index (χ2v) is 7.85. The fourth-order valence-corrected chi connectivity index (χ4v) is 3.76. The SMILES string of the molecule is Cc1nc2ccccc2nc1CSc1nnc(CCC(N)=O)n1CC(C)C. The number of fused-ring (bicyclic) bond motifs is 1. The molecule has 0 aliphatic heterocycles. The number of benzene rings is 1.